The van der Waals surface area contributed by atoms with E-state index in [1.807, 2.05) is 18.4 Å². The fraction of sp³-hybridized carbons (Fsp3) is 0.308. The third-order valence-electron chi connectivity index (χ3n) is 6.11. The van der Waals surface area contributed by atoms with Crippen LogP contribution in [0.5, 0.6) is 0 Å². The molecule has 1 heterocycles. The highest BCUT2D eigenvalue weighted by Crippen LogP contribution is 2.51. The fourth-order valence-electron chi connectivity index (χ4n) is 4.89. The molecule has 4 rings (SSSR count). The van der Waals surface area contributed by atoms with Crippen LogP contribution < -0.4 is 5.56 Å². The van der Waals surface area contributed by atoms with Crippen LogP contribution in [0, 0.1) is 5.92 Å². The topological polar surface area (TPSA) is 45.2 Å². The van der Waals surface area contributed by atoms with Crippen molar-refractivity contribution in [2.75, 3.05) is 0 Å². The third kappa shape index (κ3) is 3.57. The minimum atomic E-state index is -0.425. The Kier molecular flexibility index (Phi) is 5.23. The molecule has 148 valence electrons. The predicted molar refractivity (Wildman–Crippen MR) is 121 cm³/mol. The number of rotatable bonds is 4. The molecule has 0 radical (unpaired) electrons. The third-order valence-corrected chi connectivity index (χ3v) is 6.11. The molecule has 3 nitrogen and oxygen atoms in total. The summed E-state index contributed by atoms with van der Waals surface area (Å²) in [5.74, 6) is 0.293. The highest BCUT2D eigenvalue weighted by molar-refractivity contribution is 5.79. The van der Waals surface area contributed by atoms with Gasteiger partial charge in [0.15, 0.2) is 0 Å². The van der Waals surface area contributed by atoms with E-state index in [1.165, 1.54) is 22.3 Å². The average molecular weight is 385 g/mol. The van der Waals surface area contributed by atoms with Crippen LogP contribution in [0.3, 0.4) is 0 Å². The zero-order chi connectivity index (χ0) is 20.4. The lowest BCUT2D eigenvalue weighted by Gasteiger charge is -2.45. The fourth-order valence-corrected chi connectivity index (χ4v) is 4.89. The van der Waals surface area contributed by atoms with E-state index in [4.69, 9.17) is 4.99 Å². The maximum Gasteiger partial charge on any atom is 0.248 e. The zero-order valence-corrected chi connectivity index (χ0v) is 17.4. The van der Waals surface area contributed by atoms with Crippen molar-refractivity contribution in [1.29, 1.82) is 0 Å². The van der Waals surface area contributed by atoms with Gasteiger partial charge in [0.1, 0.15) is 5.54 Å². The first-order valence-corrected chi connectivity index (χ1v) is 10.4. The van der Waals surface area contributed by atoms with E-state index < -0.39 is 5.54 Å². The van der Waals surface area contributed by atoms with Gasteiger partial charge in [-0.2, -0.15) is 0 Å². The number of benzene rings is 1. The highest BCUT2D eigenvalue weighted by atomic mass is 16.1. The predicted octanol–water partition coefficient (Wildman–Crippen LogP) is 5.39. The molecule has 29 heavy (non-hydrogen) atoms. The van der Waals surface area contributed by atoms with Crippen LogP contribution in [0.2, 0.25) is 0 Å². The first-order valence-electron chi connectivity index (χ1n) is 10.4. The van der Waals surface area contributed by atoms with Gasteiger partial charge in [0.2, 0.25) is 5.56 Å². The van der Waals surface area contributed by atoms with E-state index in [0.717, 1.165) is 30.5 Å². The van der Waals surface area contributed by atoms with Gasteiger partial charge >= 0.3 is 0 Å². The number of aliphatic imine (C=N–C) groups is 1. The smallest absolute Gasteiger partial charge is 0.248 e. The number of aryl methyl sites for hydroxylation is 1. The summed E-state index contributed by atoms with van der Waals surface area (Å²) in [6.45, 7) is 6.46. The Morgan fingerprint density at radius 1 is 1.28 bits per heavy atom. The molecule has 2 bridgehead atoms. The van der Waals surface area contributed by atoms with Crippen molar-refractivity contribution in [3.05, 3.63) is 98.5 Å². The lowest BCUT2D eigenvalue weighted by atomic mass is 9.63. The van der Waals surface area contributed by atoms with Gasteiger partial charge in [0, 0.05) is 35.9 Å². The Labute approximate surface area is 172 Å². The minimum Gasteiger partial charge on any atom is -0.326 e. The van der Waals surface area contributed by atoms with Crippen molar-refractivity contribution in [1.82, 2.24) is 4.98 Å². The molecule has 1 aromatic carbocycles. The monoisotopic (exact) mass is 384 g/mol. The number of aromatic amines is 1. The van der Waals surface area contributed by atoms with Gasteiger partial charge in [-0.3, -0.25) is 9.79 Å². The van der Waals surface area contributed by atoms with Gasteiger partial charge in [-0.05, 0) is 55.5 Å². The van der Waals surface area contributed by atoms with Gasteiger partial charge in [-0.15, -0.1) is 0 Å². The molecule has 0 saturated carbocycles. The molecule has 0 unspecified atom stereocenters. The molecule has 0 saturated heterocycles. The number of aromatic nitrogens is 1. The number of hydrogen-bond acceptors (Lipinski definition) is 2. The van der Waals surface area contributed by atoms with Crippen LogP contribution in [-0.2, 0) is 18.4 Å². The first kappa shape index (κ1) is 19.4. The second-order valence-corrected chi connectivity index (χ2v) is 8.06. The second-order valence-electron chi connectivity index (χ2n) is 8.06. The van der Waals surface area contributed by atoms with Gasteiger partial charge in [-0.25, -0.2) is 0 Å². The number of pyridine rings is 1. The van der Waals surface area contributed by atoms with E-state index in [9.17, 15) is 4.79 Å². The Morgan fingerprint density at radius 3 is 2.93 bits per heavy atom. The zero-order valence-electron chi connectivity index (χ0n) is 17.4. The molecule has 0 fully saturated rings. The molecule has 2 aromatic rings. The molecule has 3 heteroatoms. The van der Waals surface area contributed by atoms with Crippen LogP contribution in [0.1, 0.15) is 49.6 Å². The standard InChI is InChI=1S/C26H28N2O/c1-4-19-8-6-9-20(15-19)10-7-13-27-26-17-18(3)14-21(22(26)5-2)16-24-23(26)11-12-25(29)28-24/h5-15,21H,4,16-17H2,1-3H3,(H,28,29)/b10-7+,22-5+,27-13+/t21-,26+/m0/s1. The van der Waals surface area contributed by atoms with Crippen LogP contribution in [0.15, 0.2) is 75.6 Å². The average Bonchev–Trinajstić information content (AvgIpc) is 2.70. The quantitative estimate of drug-likeness (QED) is 0.558. The Hall–Kier alpha value is -2.94. The molecule has 2 aliphatic rings. The lowest BCUT2D eigenvalue weighted by Crippen LogP contribution is -2.40. The normalized spacial score (nSPS) is 24.9. The summed E-state index contributed by atoms with van der Waals surface area (Å²) < 4.78 is 0. The molecule has 0 aliphatic heterocycles. The molecule has 1 N–H and O–H groups in total. The van der Waals surface area contributed by atoms with Crippen LogP contribution in [0.25, 0.3) is 6.08 Å². The van der Waals surface area contributed by atoms with E-state index in [0.29, 0.717) is 5.92 Å². The molecular formula is C26H28N2O. The largest absolute Gasteiger partial charge is 0.326 e. The highest BCUT2D eigenvalue weighted by Gasteiger charge is 2.46. The molecule has 0 amide bonds. The number of H-pyrrole nitrogens is 1. The van der Waals surface area contributed by atoms with Crippen molar-refractivity contribution in [3.8, 4) is 0 Å². The van der Waals surface area contributed by atoms with Crippen LogP contribution >= 0.6 is 0 Å². The molecular weight excluding hydrogens is 356 g/mol. The van der Waals surface area contributed by atoms with E-state index >= 15 is 0 Å². The summed E-state index contributed by atoms with van der Waals surface area (Å²) in [5.41, 5.74) is 6.90. The van der Waals surface area contributed by atoms with Crippen LogP contribution in [-0.4, -0.2) is 11.2 Å². The van der Waals surface area contributed by atoms with E-state index in [-0.39, 0.29) is 5.56 Å². The van der Waals surface area contributed by atoms with E-state index in [2.05, 4.69) is 68.2 Å². The number of hydrogen-bond donors (Lipinski definition) is 1. The van der Waals surface area contributed by atoms with Gasteiger partial charge in [-0.1, -0.05) is 55.0 Å². The summed E-state index contributed by atoms with van der Waals surface area (Å²) >= 11 is 0. The second kappa shape index (κ2) is 7.82. The summed E-state index contributed by atoms with van der Waals surface area (Å²) in [6.07, 6.45) is 13.3. The van der Waals surface area contributed by atoms with Crippen molar-refractivity contribution in [3.63, 3.8) is 0 Å². The van der Waals surface area contributed by atoms with Gasteiger partial charge in [0.05, 0.1) is 0 Å². The number of allylic oxidation sites excluding steroid dienone is 3. The SMILES string of the molecule is C/C=C1\[C@H]2C=C(C)C[C@]1(/N=C/C=C/c1cccc(CC)c1)c1ccc(=O)[nH]c1C2. The number of fused-ring (bicyclic) bond motifs is 4. The van der Waals surface area contributed by atoms with Crippen molar-refractivity contribution < 1.29 is 0 Å². The first-order chi connectivity index (χ1) is 14.1. The summed E-state index contributed by atoms with van der Waals surface area (Å²) in [4.78, 5) is 20.1. The summed E-state index contributed by atoms with van der Waals surface area (Å²) in [5, 5.41) is 0. The molecule has 2 aliphatic carbocycles. The summed E-state index contributed by atoms with van der Waals surface area (Å²) in [6, 6.07) is 12.2. The molecule has 0 spiro atoms. The van der Waals surface area contributed by atoms with Crippen LogP contribution in [0.4, 0.5) is 0 Å². The number of nitrogens with zero attached hydrogens (tertiary/aromatic N) is 1. The van der Waals surface area contributed by atoms with Crippen molar-refractivity contribution >= 4 is 12.3 Å². The van der Waals surface area contributed by atoms with Gasteiger partial charge < -0.3 is 4.98 Å². The number of nitrogens with one attached hydrogen (secondary N) is 1. The Morgan fingerprint density at radius 2 is 2.14 bits per heavy atom. The Balaban J connectivity index is 1.74. The van der Waals surface area contributed by atoms with E-state index in [1.54, 1.807) is 6.07 Å². The molecule has 2 atom stereocenters. The van der Waals surface area contributed by atoms with Crippen molar-refractivity contribution in [2.45, 2.75) is 45.6 Å². The maximum absolute atomic E-state index is 11.9. The Bertz CT molecular complexity index is 1100. The lowest BCUT2D eigenvalue weighted by molar-refractivity contribution is 0.413. The molecule has 1 aromatic heterocycles. The van der Waals surface area contributed by atoms with Crippen molar-refractivity contribution in [2.24, 2.45) is 10.9 Å². The maximum atomic E-state index is 11.9. The summed E-state index contributed by atoms with van der Waals surface area (Å²) in [7, 11) is 0. The van der Waals surface area contributed by atoms with Gasteiger partial charge in [0.25, 0.3) is 0 Å². The minimum absolute atomic E-state index is 0.0405.